The van der Waals surface area contributed by atoms with Gasteiger partial charge >= 0.3 is 12.1 Å². The fourth-order valence-corrected chi connectivity index (χ4v) is 5.24. The van der Waals surface area contributed by atoms with Gasteiger partial charge in [0.2, 0.25) is 5.76 Å². The third-order valence-electron chi connectivity index (χ3n) is 6.95. The first-order chi connectivity index (χ1) is 17.0. The largest absolute Gasteiger partial charge is 0.481 e. The lowest BCUT2D eigenvalue weighted by atomic mass is 9.96. The Morgan fingerprint density at radius 2 is 1.66 bits per heavy atom. The van der Waals surface area contributed by atoms with Gasteiger partial charge < -0.3 is 19.6 Å². The fraction of sp³-hybridized carbons (Fsp3) is 0.296. The second-order valence-electron chi connectivity index (χ2n) is 8.96. The number of amides is 2. The SMILES string of the molecule is O=C(Nc1ccoc1C(=O)NCC1CCCC1C(=O)O)OCC1c2ccccc2-c2ccccc21. The van der Waals surface area contributed by atoms with Gasteiger partial charge in [-0.25, -0.2) is 4.79 Å². The third kappa shape index (κ3) is 4.51. The van der Waals surface area contributed by atoms with Crippen LogP contribution >= 0.6 is 0 Å². The van der Waals surface area contributed by atoms with E-state index in [0.29, 0.717) is 6.42 Å². The summed E-state index contributed by atoms with van der Waals surface area (Å²) in [5.74, 6) is -2.05. The van der Waals surface area contributed by atoms with E-state index in [1.165, 1.54) is 12.3 Å². The van der Waals surface area contributed by atoms with Crippen molar-refractivity contribution < 1.29 is 28.6 Å². The summed E-state index contributed by atoms with van der Waals surface area (Å²) in [6.07, 6.45) is 2.81. The van der Waals surface area contributed by atoms with Crippen molar-refractivity contribution in [3.05, 3.63) is 77.7 Å². The Labute approximate surface area is 202 Å². The third-order valence-corrected chi connectivity index (χ3v) is 6.95. The molecule has 2 aliphatic rings. The van der Waals surface area contributed by atoms with Crippen molar-refractivity contribution in [2.45, 2.75) is 25.2 Å². The molecule has 1 fully saturated rings. The molecular formula is C27H26N2O6. The Hall–Kier alpha value is -4.07. The molecule has 0 spiro atoms. The minimum Gasteiger partial charge on any atom is -0.481 e. The molecule has 8 heteroatoms. The van der Waals surface area contributed by atoms with Gasteiger partial charge in [-0.05, 0) is 41.0 Å². The van der Waals surface area contributed by atoms with Crippen molar-refractivity contribution >= 4 is 23.7 Å². The number of rotatable bonds is 7. The van der Waals surface area contributed by atoms with E-state index in [1.54, 1.807) is 0 Å². The van der Waals surface area contributed by atoms with Crippen molar-refractivity contribution in [3.63, 3.8) is 0 Å². The van der Waals surface area contributed by atoms with E-state index >= 15 is 0 Å². The van der Waals surface area contributed by atoms with E-state index in [2.05, 4.69) is 22.8 Å². The summed E-state index contributed by atoms with van der Waals surface area (Å²) >= 11 is 0. The van der Waals surface area contributed by atoms with Crippen LogP contribution < -0.4 is 10.6 Å². The van der Waals surface area contributed by atoms with Gasteiger partial charge in [-0.15, -0.1) is 0 Å². The maximum atomic E-state index is 12.6. The average Bonchev–Trinajstić information content (AvgIpc) is 3.59. The molecule has 0 bridgehead atoms. The summed E-state index contributed by atoms with van der Waals surface area (Å²) < 4.78 is 10.8. The molecule has 3 N–H and O–H groups in total. The molecule has 0 saturated heterocycles. The normalized spacial score (nSPS) is 18.5. The van der Waals surface area contributed by atoms with Gasteiger partial charge in [-0.1, -0.05) is 55.0 Å². The highest BCUT2D eigenvalue weighted by molar-refractivity contribution is 6.00. The molecule has 1 heterocycles. The second-order valence-corrected chi connectivity index (χ2v) is 8.96. The van der Waals surface area contributed by atoms with Crippen LogP contribution in [0, 0.1) is 11.8 Å². The number of hydrogen-bond donors (Lipinski definition) is 3. The molecule has 35 heavy (non-hydrogen) atoms. The molecule has 5 rings (SSSR count). The predicted molar refractivity (Wildman–Crippen MR) is 128 cm³/mol. The van der Waals surface area contributed by atoms with E-state index < -0.39 is 23.9 Å². The molecule has 3 aromatic rings. The molecule has 2 aliphatic carbocycles. The minimum atomic E-state index is -0.836. The number of carbonyl (C=O) groups excluding carboxylic acids is 2. The van der Waals surface area contributed by atoms with Crippen LogP contribution in [0.2, 0.25) is 0 Å². The van der Waals surface area contributed by atoms with Crippen LogP contribution in [0.15, 0.2) is 65.3 Å². The van der Waals surface area contributed by atoms with Crippen LogP contribution in [0.1, 0.15) is 46.9 Å². The topological polar surface area (TPSA) is 118 Å². The van der Waals surface area contributed by atoms with Gasteiger partial charge in [-0.2, -0.15) is 0 Å². The molecule has 180 valence electrons. The lowest BCUT2D eigenvalue weighted by molar-refractivity contribution is -0.142. The number of aliphatic carboxylic acids is 1. The van der Waals surface area contributed by atoms with Crippen molar-refractivity contribution in [1.29, 1.82) is 0 Å². The number of carboxylic acid groups (broad SMARTS) is 1. The number of nitrogens with one attached hydrogen (secondary N) is 2. The molecule has 2 unspecified atom stereocenters. The van der Waals surface area contributed by atoms with Crippen molar-refractivity contribution in [3.8, 4) is 11.1 Å². The monoisotopic (exact) mass is 474 g/mol. The Balaban J connectivity index is 1.19. The Morgan fingerprint density at radius 1 is 0.971 bits per heavy atom. The number of furan rings is 1. The van der Waals surface area contributed by atoms with Gasteiger partial charge in [-0.3, -0.25) is 14.9 Å². The van der Waals surface area contributed by atoms with Crippen LogP contribution in [0.5, 0.6) is 0 Å². The highest BCUT2D eigenvalue weighted by atomic mass is 16.5. The summed E-state index contributed by atoms with van der Waals surface area (Å²) in [6.45, 7) is 0.387. The van der Waals surface area contributed by atoms with Crippen LogP contribution in [0.3, 0.4) is 0 Å². The first-order valence-corrected chi connectivity index (χ1v) is 11.7. The van der Waals surface area contributed by atoms with Gasteiger partial charge in [0.1, 0.15) is 6.61 Å². The lowest BCUT2D eigenvalue weighted by Crippen LogP contribution is -2.33. The summed E-state index contributed by atoms with van der Waals surface area (Å²) in [4.78, 5) is 36.6. The van der Waals surface area contributed by atoms with E-state index in [4.69, 9.17) is 9.15 Å². The zero-order valence-corrected chi connectivity index (χ0v) is 19.0. The van der Waals surface area contributed by atoms with E-state index in [-0.39, 0.29) is 36.4 Å². The molecule has 2 atom stereocenters. The summed E-state index contributed by atoms with van der Waals surface area (Å²) in [5.41, 5.74) is 4.69. The number of hydrogen-bond acceptors (Lipinski definition) is 5. The number of carboxylic acids is 1. The summed E-state index contributed by atoms with van der Waals surface area (Å²) in [5, 5.41) is 14.6. The Bertz CT molecular complexity index is 1220. The quantitative estimate of drug-likeness (QED) is 0.450. The van der Waals surface area contributed by atoms with Crippen LogP contribution in [0.4, 0.5) is 10.5 Å². The van der Waals surface area contributed by atoms with Crippen molar-refractivity contribution in [2.24, 2.45) is 11.8 Å². The smallest absolute Gasteiger partial charge is 0.411 e. The van der Waals surface area contributed by atoms with E-state index in [1.807, 2.05) is 36.4 Å². The first-order valence-electron chi connectivity index (χ1n) is 11.7. The number of fused-ring (bicyclic) bond motifs is 3. The van der Waals surface area contributed by atoms with Gasteiger partial charge in [0.15, 0.2) is 0 Å². The predicted octanol–water partition coefficient (Wildman–Crippen LogP) is 4.87. The maximum absolute atomic E-state index is 12.6. The zero-order valence-electron chi connectivity index (χ0n) is 19.0. The van der Waals surface area contributed by atoms with Crippen LogP contribution in [-0.2, 0) is 9.53 Å². The molecule has 8 nitrogen and oxygen atoms in total. The minimum absolute atomic E-state index is 0.0524. The van der Waals surface area contributed by atoms with Crippen molar-refractivity contribution in [1.82, 2.24) is 5.32 Å². The standard InChI is InChI=1S/C27H26N2O6/c30-25(28-14-16-6-5-11-17(16)26(31)32)24-23(12-13-34-24)29-27(33)35-15-22-20-9-3-1-7-18(20)19-8-2-4-10-21(19)22/h1-4,7-10,12-13,16-17,22H,5-6,11,14-15H2,(H,28,30)(H,29,33)(H,31,32). The second kappa shape index (κ2) is 9.66. The van der Waals surface area contributed by atoms with E-state index in [9.17, 15) is 19.5 Å². The number of carbonyl (C=O) groups is 3. The molecule has 1 saturated carbocycles. The van der Waals surface area contributed by atoms with Gasteiger partial charge in [0.25, 0.3) is 5.91 Å². The number of anilines is 1. The van der Waals surface area contributed by atoms with Gasteiger partial charge in [0, 0.05) is 18.5 Å². The zero-order chi connectivity index (χ0) is 24.4. The summed E-state index contributed by atoms with van der Waals surface area (Å²) in [6, 6.07) is 17.6. The Kier molecular flexibility index (Phi) is 6.27. The molecule has 0 aliphatic heterocycles. The molecule has 0 radical (unpaired) electrons. The average molecular weight is 475 g/mol. The molecule has 2 aromatic carbocycles. The summed E-state index contributed by atoms with van der Waals surface area (Å²) in [7, 11) is 0. The molecular weight excluding hydrogens is 448 g/mol. The fourth-order valence-electron chi connectivity index (χ4n) is 5.24. The molecule has 1 aromatic heterocycles. The maximum Gasteiger partial charge on any atom is 0.411 e. The van der Waals surface area contributed by atoms with E-state index in [0.717, 1.165) is 35.1 Å². The van der Waals surface area contributed by atoms with Gasteiger partial charge in [0.05, 0.1) is 17.9 Å². The van der Waals surface area contributed by atoms with Crippen LogP contribution in [-0.4, -0.2) is 36.2 Å². The highest BCUT2D eigenvalue weighted by Gasteiger charge is 2.33. The Morgan fingerprint density at radius 3 is 2.34 bits per heavy atom. The first kappa shape index (κ1) is 22.7. The number of ether oxygens (including phenoxy) is 1. The highest BCUT2D eigenvalue weighted by Crippen LogP contribution is 2.44. The molecule has 2 amide bonds. The van der Waals surface area contributed by atoms with Crippen molar-refractivity contribution in [2.75, 3.05) is 18.5 Å². The van der Waals surface area contributed by atoms with Crippen LogP contribution in [0.25, 0.3) is 11.1 Å². The number of benzene rings is 2. The lowest BCUT2D eigenvalue weighted by Gasteiger charge is -2.16.